The first-order valence-corrected chi connectivity index (χ1v) is 7.29. The molecule has 20 heavy (non-hydrogen) atoms. The molecule has 0 radical (unpaired) electrons. The average molecular weight is 270 g/mol. The quantitative estimate of drug-likeness (QED) is 0.876. The molecule has 0 saturated heterocycles. The summed E-state index contributed by atoms with van der Waals surface area (Å²) >= 11 is 0. The van der Waals surface area contributed by atoms with Crippen LogP contribution in [0.4, 0.5) is 5.82 Å². The number of rotatable bonds is 6. The topological polar surface area (TPSA) is 50.7 Å². The minimum atomic E-state index is 0.748. The number of aromatic nitrogens is 3. The Morgan fingerprint density at radius 1 is 1.00 bits per heavy atom. The number of anilines is 1. The van der Waals surface area contributed by atoms with Crippen LogP contribution < -0.4 is 5.32 Å². The van der Waals surface area contributed by atoms with E-state index in [1.165, 1.54) is 5.56 Å². The molecule has 2 heterocycles. The molecule has 0 spiro atoms. The standard InChI is InChI=1S/C16H22N4/c1-4-12-7-8-13(18-11-12)9-14-10-16(17-6-3)20-15(5-2)19-14/h7-8,10-11H,4-6,9H2,1-3H3,(H,17,19,20). The normalized spacial score (nSPS) is 10.6. The van der Waals surface area contributed by atoms with Gasteiger partial charge in [-0.3, -0.25) is 4.98 Å². The van der Waals surface area contributed by atoms with Gasteiger partial charge in [-0.1, -0.05) is 19.9 Å². The number of hydrogen-bond donors (Lipinski definition) is 1. The molecule has 0 aliphatic heterocycles. The molecule has 2 aromatic heterocycles. The Hall–Kier alpha value is -1.97. The van der Waals surface area contributed by atoms with Crippen molar-refractivity contribution in [2.45, 2.75) is 40.0 Å². The number of nitrogens with one attached hydrogen (secondary N) is 1. The van der Waals surface area contributed by atoms with Gasteiger partial charge in [0.1, 0.15) is 11.6 Å². The van der Waals surface area contributed by atoms with Gasteiger partial charge in [-0.25, -0.2) is 9.97 Å². The largest absolute Gasteiger partial charge is 0.370 e. The van der Waals surface area contributed by atoms with Crippen LogP contribution in [0.5, 0.6) is 0 Å². The molecule has 0 saturated carbocycles. The maximum absolute atomic E-state index is 4.58. The van der Waals surface area contributed by atoms with Crippen molar-refractivity contribution in [3.63, 3.8) is 0 Å². The van der Waals surface area contributed by atoms with Crippen LogP contribution in [0.15, 0.2) is 24.4 Å². The first-order valence-electron chi connectivity index (χ1n) is 7.29. The molecule has 0 fully saturated rings. The summed E-state index contributed by atoms with van der Waals surface area (Å²) in [6, 6.07) is 6.23. The summed E-state index contributed by atoms with van der Waals surface area (Å²) in [7, 11) is 0. The van der Waals surface area contributed by atoms with Crippen LogP contribution in [0, 0.1) is 0 Å². The van der Waals surface area contributed by atoms with E-state index in [1.54, 1.807) is 0 Å². The second kappa shape index (κ2) is 6.98. The van der Waals surface area contributed by atoms with E-state index in [2.05, 4.69) is 53.2 Å². The number of aryl methyl sites for hydroxylation is 2. The zero-order chi connectivity index (χ0) is 14.4. The molecule has 2 rings (SSSR count). The van der Waals surface area contributed by atoms with Gasteiger partial charge in [-0.05, 0) is 25.0 Å². The predicted molar refractivity (Wildman–Crippen MR) is 82.0 cm³/mol. The number of hydrogen-bond acceptors (Lipinski definition) is 4. The third-order valence-electron chi connectivity index (χ3n) is 3.16. The summed E-state index contributed by atoms with van der Waals surface area (Å²) in [4.78, 5) is 13.5. The average Bonchev–Trinajstić information content (AvgIpc) is 2.48. The third kappa shape index (κ3) is 3.76. The van der Waals surface area contributed by atoms with Gasteiger partial charge in [-0.15, -0.1) is 0 Å². The van der Waals surface area contributed by atoms with Crippen LogP contribution in [0.1, 0.15) is 43.5 Å². The molecular weight excluding hydrogens is 248 g/mol. The summed E-state index contributed by atoms with van der Waals surface area (Å²) < 4.78 is 0. The molecule has 1 N–H and O–H groups in total. The number of nitrogens with zero attached hydrogens (tertiary/aromatic N) is 3. The van der Waals surface area contributed by atoms with Crippen LogP contribution >= 0.6 is 0 Å². The Morgan fingerprint density at radius 2 is 1.85 bits per heavy atom. The predicted octanol–water partition coefficient (Wildman–Crippen LogP) is 3.02. The maximum Gasteiger partial charge on any atom is 0.130 e. The van der Waals surface area contributed by atoms with Crippen molar-refractivity contribution in [1.29, 1.82) is 0 Å². The lowest BCUT2D eigenvalue weighted by Gasteiger charge is -2.08. The van der Waals surface area contributed by atoms with E-state index in [4.69, 9.17) is 0 Å². The lowest BCUT2D eigenvalue weighted by atomic mass is 10.1. The molecule has 0 bridgehead atoms. The first-order chi connectivity index (χ1) is 9.75. The van der Waals surface area contributed by atoms with E-state index >= 15 is 0 Å². The molecule has 0 aromatic carbocycles. The highest BCUT2D eigenvalue weighted by Crippen LogP contribution is 2.12. The van der Waals surface area contributed by atoms with Crippen molar-refractivity contribution < 1.29 is 0 Å². The van der Waals surface area contributed by atoms with Gasteiger partial charge < -0.3 is 5.32 Å². The fourth-order valence-corrected chi connectivity index (χ4v) is 2.03. The second-order valence-corrected chi connectivity index (χ2v) is 4.73. The monoisotopic (exact) mass is 270 g/mol. The Balaban J connectivity index is 2.20. The highest BCUT2D eigenvalue weighted by Gasteiger charge is 2.05. The molecule has 0 amide bonds. The summed E-state index contributed by atoms with van der Waals surface area (Å²) in [5, 5.41) is 3.26. The molecule has 0 unspecified atom stereocenters. The van der Waals surface area contributed by atoms with Crippen LogP contribution in [0.3, 0.4) is 0 Å². The van der Waals surface area contributed by atoms with Crippen molar-refractivity contribution in [1.82, 2.24) is 15.0 Å². The molecular formula is C16H22N4. The summed E-state index contributed by atoms with van der Waals surface area (Å²) in [6.45, 7) is 7.14. The Labute approximate surface area is 120 Å². The van der Waals surface area contributed by atoms with E-state index in [9.17, 15) is 0 Å². The van der Waals surface area contributed by atoms with Crippen LogP contribution in [0.25, 0.3) is 0 Å². The smallest absolute Gasteiger partial charge is 0.130 e. The van der Waals surface area contributed by atoms with Crippen molar-refractivity contribution in [2.75, 3.05) is 11.9 Å². The minimum absolute atomic E-state index is 0.748. The maximum atomic E-state index is 4.58. The van der Waals surface area contributed by atoms with Gasteiger partial charge in [0.05, 0.1) is 5.69 Å². The zero-order valence-electron chi connectivity index (χ0n) is 12.5. The Kier molecular flexibility index (Phi) is 5.04. The molecule has 0 atom stereocenters. The SMILES string of the molecule is CCNc1cc(Cc2ccc(CC)cn2)nc(CC)n1. The van der Waals surface area contributed by atoms with Crippen molar-refractivity contribution in [2.24, 2.45) is 0 Å². The fourth-order valence-electron chi connectivity index (χ4n) is 2.03. The van der Waals surface area contributed by atoms with Crippen LogP contribution in [-0.2, 0) is 19.3 Å². The van der Waals surface area contributed by atoms with Gasteiger partial charge in [0.2, 0.25) is 0 Å². The van der Waals surface area contributed by atoms with E-state index < -0.39 is 0 Å². The fraction of sp³-hybridized carbons (Fsp3) is 0.438. The molecule has 2 aromatic rings. The zero-order valence-corrected chi connectivity index (χ0v) is 12.5. The first kappa shape index (κ1) is 14.4. The summed E-state index contributed by atoms with van der Waals surface area (Å²) in [5.74, 6) is 1.78. The number of pyridine rings is 1. The van der Waals surface area contributed by atoms with Gasteiger partial charge in [0, 0.05) is 37.3 Å². The van der Waals surface area contributed by atoms with Crippen molar-refractivity contribution >= 4 is 5.82 Å². The Bertz CT molecular complexity index is 549. The minimum Gasteiger partial charge on any atom is -0.370 e. The molecule has 106 valence electrons. The Morgan fingerprint density at radius 3 is 2.45 bits per heavy atom. The second-order valence-electron chi connectivity index (χ2n) is 4.73. The third-order valence-corrected chi connectivity index (χ3v) is 3.16. The molecule has 4 nitrogen and oxygen atoms in total. The van der Waals surface area contributed by atoms with Crippen molar-refractivity contribution in [3.05, 3.63) is 47.2 Å². The molecule has 0 aliphatic carbocycles. The van der Waals surface area contributed by atoms with Gasteiger partial charge in [0.15, 0.2) is 0 Å². The lowest BCUT2D eigenvalue weighted by molar-refractivity contribution is 0.885. The van der Waals surface area contributed by atoms with Gasteiger partial charge >= 0.3 is 0 Å². The highest BCUT2D eigenvalue weighted by atomic mass is 15.0. The van der Waals surface area contributed by atoms with Crippen LogP contribution in [-0.4, -0.2) is 21.5 Å². The summed E-state index contributed by atoms with van der Waals surface area (Å²) in [6.07, 6.45) is 4.56. The van der Waals surface area contributed by atoms with E-state index in [1.807, 2.05) is 12.3 Å². The van der Waals surface area contributed by atoms with E-state index in [0.717, 1.165) is 48.8 Å². The lowest BCUT2D eigenvalue weighted by Crippen LogP contribution is -2.06. The van der Waals surface area contributed by atoms with Crippen LogP contribution in [0.2, 0.25) is 0 Å². The summed E-state index contributed by atoms with van der Waals surface area (Å²) in [5.41, 5.74) is 3.33. The highest BCUT2D eigenvalue weighted by molar-refractivity contribution is 5.37. The molecule has 4 heteroatoms. The van der Waals surface area contributed by atoms with Crippen molar-refractivity contribution in [3.8, 4) is 0 Å². The van der Waals surface area contributed by atoms with Gasteiger partial charge in [-0.2, -0.15) is 0 Å². The van der Waals surface area contributed by atoms with E-state index in [-0.39, 0.29) is 0 Å². The van der Waals surface area contributed by atoms with E-state index in [0.29, 0.717) is 0 Å². The molecule has 0 aliphatic rings. The van der Waals surface area contributed by atoms with Gasteiger partial charge in [0.25, 0.3) is 0 Å².